The van der Waals surface area contributed by atoms with Gasteiger partial charge in [0.15, 0.2) is 0 Å². The lowest BCUT2D eigenvalue weighted by Gasteiger charge is -2.16. The van der Waals surface area contributed by atoms with Crippen molar-refractivity contribution in [3.8, 4) is 0 Å². The smallest absolute Gasteiger partial charge is 0.0740 e. The normalized spacial score (nSPS) is 12.4. The number of aryl methyl sites for hydroxylation is 1. The van der Waals surface area contributed by atoms with Crippen molar-refractivity contribution in [3.05, 3.63) is 58.1 Å². The molecule has 0 saturated carbocycles. The molecular weight excluding hydrogens is 280 g/mol. The standard InChI is InChI=1S/C12H13BrN4/c1-8-2-3-9(6-16-8)12(17-14)10-4-11(13)7-15-5-10/h2-7,12,17H,14H2,1H3. The number of pyridine rings is 2. The number of hydrogen-bond acceptors (Lipinski definition) is 4. The van der Waals surface area contributed by atoms with Crippen LogP contribution in [0.1, 0.15) is 22.9 Å². The molecule has 0 fully saturated rings. The van der Waals surface area contributed by atoms with Crippen LogP contribution in [-0.2, 0) is 0 Å². The first-order chi connectivity index (χ1) is 8.20. The highest BCUT2D eigenvalue weighted by atomic mass is 79.9. The second-order valence-electron chi connectivity index (χ2n) is 3.77. The quantitative estimate of drug-likeness (QED) is 0.672. The molecule has 0 aliphatic heterocycles. The number of nitrogens with zero attached hydrogens (tertiary/aromatic N) is 2. The summed E-state index contributed by atoms with van der Waals surface area (Å²) in [5, 5.41) is 0. The summed E-state index contributed by atoms with van der Waals surface area (Å²) < 4.78 is 0.926. The van der Waals surface area contributed by atoms with Crippen LogP contribution in [0, 0.1) is 6.92 Å². The maximum Gasteiger partial charge on any atom is 0.0740 e. The molecule has 3 N–H and O–H groups in total. The summed E-state index contributed by atoms with van der Waals surface area (Å²) in [6.07, 6.45) is 5.35. The predicted molar refractivity (Wildman–Crippen MR) is 70.1 cm³/mol. The topological polar surface area (TPSA) is 63.8 Å². The minimum Gasteiger partial charge on any atom is -0.271 e. The minimum absolute atomic E-state index is 0.104. The van der Waals surface area contributed by atoms with Crippen LogP contribution >= 0.6 is 15.9 Å². The molecule has 1 atom stereocenters. The molecule has 17 heavy (non-hydrogen) atoms. The largest absolute Gasteiger partial charge is 0.271 e. The molecule has 2 heterocycles. The molecule has 0 bridgehead atoms. The van der Waals surface area contributed by atoms with Crippen molar-refractivity contribution < 1.29 is 0 Å². The van der Waals surface area contributed by atoms with E-state index in [1.165, 1.54) is 0 Å². The van der Waals surface area contributed by atoms with Gasteiger partial charge in [-0.25, -0.2) is 5.43 Å². The van der Waals surface area contributed by atoms with Crippen LogP contribution in [0.4, 0.5) is 0 Å². The zero-order chi connectivity index (χ0) is 12.3. The first kappa shape index (κ1) is 12.2. The number of nitrogens with one attached hydrogen (secondary N) is 1. The van der Waals surface area contributed by atoms with E-state index in [-0.39, 0.29) is 6.04 Å². The Morgan fingerprint density at radius 2 is 2.06 bits per heavy atom. The van der Waals surface area contributed by atoms with E-state index in [1.54, 1.807) is 12.4 Å². The van der Waals surface area contributed by atoms with Crippen molar-refractivity contribution in [2.24, 2.45) is 5.84 Å². The Kier molecular flexibility index (Phi) is 3.83. The summed E-state index contributed by atoms with van der Waals surface area (Å²) in [5.74, 6) is 5.60. The van der Waals surface area contributed by atoms with Gasteiger partial charge >= 0.3 is 0 Å². The number of aromatic nitrogens is 2. The van der Waals surface area contributed by atoms with Gasteiger partial charge < -0.3 is 0 Å². The van der Waals surface area contributed by atoms with Crippen LogP contribution in [0.25, 0.3) is 0 Å². The summed E-state index contributed by atoms with van der Waals surface area (Å²) in [5.41, 5.74) is 5.77. The van der Waals surface area contributed by atoms with Crippen molar-refractivity contribution in [1.29, 1.82) is 0 Å². The molecule has 5 heteroatoms. The molecule has 88 valence electrons. The Bertz CT molecular complexity index is 498. The second kappa shape index (κ2) is 5.35. The van der Waals surface area contributed by atoms with E-state index in [0.717, 1.165) is 21.3 Å². The molecule has 2 rings (SSSR count). The van der Waals surface area contributed by atoms with E-state index in [9.17, 15) is 0 Å². The lowest BCUT2D eigenvalue weighted by Crippen LogP contribution is -2.29. The highest BCUT2D eigenvalue weighted by Gasteiger charge is 2.13. The summed E-state index contributed by atoms with van der Waals surface area (Å²) in [6, 6.07) is 5.85. The third-order valence-corrected chi connectivity index (χ3v) is 2.93. The SMILES string of the molecule is Cc1ccc(C(NN)c2cncc(Br)c2)cn1. The van der Waals surface area contributed by atoms with Crippen LogP contribution in [-0.4, -0.2) is 9.97 Å². The fourth-order valence-electron chi connectivity index (χ4n) is 1.62. The summed E-state index contributed by atoms with van der Waals surface area (Å²) in [4.78, 5) is 8.40. The molecule has 0 saturated heterocycles. The van der Waals surface area contributed by atoms with Crippen molar-refractivity contribution in [2.75, 3.05) is 0 Å². The van der Waals surface area contributed by atoms with Crippen molar-refractivity contribution in [3.63, 3.8) is 0 Å². The molecule has 0 aromatic carbocycles. The summed E-state index contributed by atoms with van der Waals surface area (Å²) in [6.45, 7) is 1.95. The Balaban J connectivity index is 2.36. The molecule has 2 aromatic rings. The van der Waals surface area contributed by atoms with Gasteiger partial charge in [-0.15, -0.1) is 0 Å². The molecule has 0 amide bonds. The molecule has 0 spiro atoms. The van der Waals surface area contributed by atoms with E-state index < -0.39 is 0 Å². The Hall–Kier alpha value is -1.30. The van der Waals surface area contributed by atoms with E-state index in [4.69, 9.17) is 5.84 Å². The fraction of sp³-hybridized carbons (Fsp3) is 0.167. The number of halogens is 1. The van der Waals surface area contributed by atoms with E-state index >= 15 is 0 Å². The first-order valence-corrected chi connectivity index (χ1v) is 5.99. The van der Waals surface area contributed by atoms with Gasteiger partial charge in [0.1, 0.15) is 0 Å². The lowest BCUT2D eigenvalue weighted by molar-refractivity contribution is 0.632. The summed E-state index contributed by atoms with van der Waals surface area (Å²) >= 11 is 3.40. The monoisotopic (exact) mass is 292 g/mol. The molecule has 0 radical (unpaired) electrons. The highest BCUT2D eigenvalue weighted by molar-refractivity contribution is 9.10. The highest BCUT2D eigenvalue weighted by Crippen LogP contribution is 2.22. The van der Waals surface area contributed by atoms with Gasteiger partial charge in [0.25, 0.3) is 0 Å². The number of hydrazine groups is 1. The van der Waals surface area contributed by atoms with Crippen LogP contribution < -0.4 is 11.3 Å². The van der Waals surface area contributed by atoms with Gasteiger partial charge in [0.05, 0.1) is 6.04 Å². The number of rotatable bonds is 3. The van der Waals surface area contributed by atoms with Crippen LogP contribution in [0.2, 0.25) is 0 Å². The first-order valence-electron chi connectivity index (χ1n) is 5.20. The molecule has 0 aliphatic carbocycles. The minimum atomic E-state index is -0.104. The second-order valence-corrected chi connectivity index (χ2v) is 4.68. The molecule has 1 unspecified atom stereocenters. The van der Waals surface area contributed by atoms with Crippen LogP contribution in [0.15, 0.2) is 41.3 Å². The van der Waals surface area contributed by atoms with Crippen molar-refractivity contribution in [1.82, 2.24) is 15.4 Å². The Morgan fingerprint density at radius 1 is 1.24 bits per heavy atom. The van der Waals surface area contributed by atoms with Crippen molar-refractivity contribution in [2.45, 2.75) is 13.0 Å². The van der Waals surface area contributed by atoms with E-state index in [0.29, 0.717) is 0 Å². The zero-order valence-corrected chi connectivity index (χ0v) is 11.0. The maximum atomic E-state index is 5.60. The Morgan fingerprint density at radius 3 is 2.65 bits per heavy atom. The molecule has 4 nitrogen and oxygen atoms in total. The van der Waals surface area contributed by atoms with E-state index in [1.807, 2.05) is 31.3 Å². The maximum absolute atomic E-state index is 5.60. The zero-order valence-electron chi connectivity index (χ0n) is 9.39. The van der Waals surface area contributed by atoms with Gasteiger partial charge in [-0.1, -0.05) is 6.07 Å². The van der Waals surface area contributed by atoms with Gasteiger partial charge in [0, 0.05) is 28.8 Å². The van der Waals surface area contributed by atoms with Gasteiger partial charge in [-0.05, 0) is 46.1 Å². The number of nitrogens with two attached hydrogens (primary N) is 1. The third-order valence-electron chi connectivity index (χ3n) is 2.49. The average molecular weight is 293 g/mol. The van der Waals surface area contributed by atoms with Gasteiger partial charge in [-0.3, -0.25) is 15.8 Å². The Labute approximate surface area is 108 Å². The molecular formula is C12H13BrN4. The fourth-order valence-corrected chi connectivity index (χ4v) is 2.00. The lowest BCUT2D eigenvalue weighted by atomic mass is 10.0. The van der Waals surface area contributed by atoms with E-state index in [2.05, 4.69) is 31.3 Å². The number of hydrogen-bond donors (Lipinski definition) is 2. The predicted octanol–water partition coefficient (Wildman–Crippen LogP) is 2.10. The van der Waals surface area contributed by atoms with Crippen LogP contribution in [0.3, 0.4) is 0 Å². The summed E-state index contributed by atoms with van der Waals surface area (Å²) in [7, 11) is 0. The van der Waals surface area contributed by atoms with Crippen LogP contribution in [0.5, 0.6) is 0 Å². The molecule has 0 aliphatic rings. The van der Waals surface area contributed by atoms with Gasteiger partial charge in [-0.2, -0.15) is 0 Å². The van der Waals surface area contributed by atoms with Gasteiger partial charge in [0.2, 0.25) is 0 Å². The third kappa shape index (κ3) is 2.88. The van der Waals surface area contributed by atoms with Crippen molar-refractivity contribution >= 4 is 15.9 Å². The molecule has 2 aromatic heterocycles. The average Bonchev–Trinajstić information content (AvgIpc) is 2.33.